The average molecular weight is 256 g/mol. The molecule has 98 valence electrons. The van der Waals surface area contributed by atoms with E-state index in [0.717, 1.165) is 18.2 Å². The van der Waals surface area contributed by atoms with E-state index >= 15 is 0 Å². The third-order valence-corrected chi connectivity index (χ3v) is 3.61. The predicted molar refractivity (Wildman–Crippen MR) is 71.8 cm³/mol. The van der Waals surface area contributed by atoms with Crippen molar-refractivity contribution in [3.8, 4) is 0 Å². The van der Waals surface area contributed by atoms with Crippen LogP contribution >= 0.6 is 0 Å². The maximum Gasteiger partial charge on any atom is 0.257 e. The van der Waals surface area contributed by atoms with E-state index in [2.05, 4.69) is 5.32 Å². The van der Waals surface area contributed by atoms with Crippen molar-refractivity contribution in [2.24, 2.45) is 0 Å². The second kappa shape index (κ2) is 4.88. The molecule has 3 rings (SSSR count). The third-order valence-electron chi connectivity index (χ3n) is 3.61. The summed E-state index contributed by atoms with van der Waals surface area (Å²) in [4.78, 5) is 12.2. The number of benzene rings is 1. The molecule has 1 saturated carbocycles. The normalized spacial score (nSPS) is 15.8. The number of hydrogen-bond donors (Lipinski definition) is 2. The summed E-state index contributed by atoms with van der Waals surface area (Å²) >= 11 is 0. The van der Waals surface area contributed by atoms with Crippen molar-refractivity contribution in [2.75, 3.05) is 0 Å². The van der Waals surface area contributed by atoms with Gasteiger partial charge in [-0.2, -0.15) is 0 Å². The minimum Gasteiger partial charge on any atom is -0.438 e. The van der Waals surface area contributed by atoms with Gasteiger partial charge in [-0.15, -0.1) is 0 Å². The summed E-state index contributed by atoms with van der Waals surface area (Å²) in [6, 6.07) is 9.39. The van der Waals surface area contributed by atoms with Crippen LogP contribution in [0.1, 0.15) is 36.0 Å². The molecule has 1 aromatic heterocycles. The average Bonchev–Trinajstić information content (AvgIpc) is 2.90. The molecule has 1 aromatic carbocycles. The maximum atomic E-state index is 12.2. The molecule has 1 amide bonds. The maximum absolute atomic E-state index is 12.2. The van der Waals surface area contributed by atoms with Crippen molar-refractivity contribution < 1.29 is 9.21 Å². The Bertz CT molecular complexity index is 669. The highest BCUT2D eigenvalue weighted by Gasteiger charge is 2.19. The lowest BCUT2D eigenvalue weighted by Gasteiger charge is -2.11. The molecule has 0 unspecified atom stereocenters. The van der Waals surface area contributed by atoms with Crippen molar-refractivity contribution in [3.63, 3.8) is 0 Å². The minimum atomic E-state index is -0.202. The molecular weight excluding hydrogens is 240 g/mol. The van der Waals surface area contributed by atoms with Gasteiger partial charge in [0.1, 0.15) is 11.1 Å². The van der Waals surface area contributed by atoms with Gasteiger partial charge in [0.05, 0.1) is 0 Å². The minimum absolute atomic E-state index is 0.0748. The van der Waals surface area contributed by atoms with Crippen LogP contribution in [-0.2, 0) is 0 Å². The smallest absolute Gasteiger partial charge is 0.257 e. The molecule has 1 aliphatic rings. The summed E-state index contributed by atoms with van der Waals surface area (Å²) in [5.74, 6) is -0.202. The van der Waals surface area contributed by atoms with E-state index < -0.39 is 0 Å². The number of amides is 1. The fourth-order valence-corrected chi connectivity index (χ4v) is 2.58. The fourth-order valence-electron chi connectivity index (χ4n) is 2.58. The van der Waals surface area contributed by atoms with E-state index in [1.807, 2.05) is 18.2 Å². The van der Waals surface area contributed by atoms with E-state index in [9.17, 15) is 4.79 Å². The van der Waals surface area contributed by atoms with Gasteiger partial charge in [-0.1, -0.05) is 31.0 Å². The second-order valence-electron chi connectivity index (χ2n) is 4.98. The van der Waals surface area contributed by atoms with E-state index in [-0.39, 0.29) is 17.5 Å². The van der Waals surface area contributed by atoms with Gasteiger partial charge in [0.15, 0.2) is 0 Å². The van der Waals surface area contributed by atoms with Crippen molar-refractivity contribution in [2.45, 2.75) is 31.7 Å². The Hall–Kier alpha value is -2.10. The lowest BCUT2D eigenvalue weighted by Crippen LogP contribution is -2.35. The zero-order valence-electron chi connectivity index (χ0n) is 10.6. The van der Waals surface area contributed by atoms with Gasteiger partial charge in [-0.25, -0.2) is 0 Å². The SMILES string of the molecule is N=c1oc2ccccc2cc1C(=O)NC1CCCC1. The molecule has 1 aliphatic carbocycles. The summed E-state index contributed by atoms with van der Waals surface area (Å²) < 4.78 is 5.38. The lowest BCUT2D eigenvalue weighted by molar-refractivity contribution is 0.0933. The molecule has 0 atom stereocenters. The zero-order valence-corrected chi connectivity index (χ0v) is 10.6. The molecule has 4 nitrogen and oxygen atoms in total. The Balaban J connectivity index is 1.92. The quantitative estimate of drug-likeness (QED) is 0.867. The number of hydrogen-bond acceptors (Lipinski definition) is 3. The lowest BCUT2D eigenvalue weighted by atomic mass is 10.1. The highest BCUT2D eigenvalue weighted by atomic mass is 16.3. The van der Waals surface area contributed by atoms with E-state index in [4.69, 9.17) is 9.83 Å². The van der Waals surface area contributed by atoms with Crippen LogP contribution in [0.3, 0.4) is 0 Å². The molecule has 1 fully saturated rings. The van der Waals surface area contributed by atoms with E-state index in [1.54, 1.807) is 12.1 Å². The highest BCUT2D eigenvalue weighted by Crippen LogP contribution is 2.18. The summed E-state index contributed by atoms with van der Waals surface area (Å²) in [5.41, 5.74) is 0.865. The van der Waals surface area contributed by atoms with Crippen LogP contribution in [0, 0.1) is 5.41 Å². The molecular formula is C15H16N2O2. The molecule has 2 N–H and O–H groups in total. The Labute approximate surface area is 110 Å². The first-order valence-corrected chi connectivity index (χ1v) is 6.62. The van der Waals surface area contributed by atoms with Crippen LogP contribution in [0.4, 0.5) is 0 Å². The number of fused-ring (bicyclic) bond motifs is 1. The molecule has 0 bridgehead atoms. The van der Waals surface area contributed by atoms with E-state index in [0.29, 0.717) is 11.1 Å². The van der Waals surface area contributed by atoms with Crippen LogP contribution in [-0.4, -0.2) is 11.9 Å². The predicted octanol–water partition coefficient (Wildman–Crippen LogP) is 2.58. The summed E-state index contributed by atoms with van der Waals surface area (Å²) in [5, 5.41) is 11.7. The van der Waals surface area contributed by atoms with Gasteiger partial charge in [0.2, 0.25) is 5.55 Å². The van der Waals surface area contributed by atoms with Crippen LogP contribution < -0.4 is 10.9 Å². The number of para-hydroxylation sites is 1. The Morgan fingerprint density at radius 3 is 2.79 bits per heavy atom. The molecule has 19 heavy (non-hydrogen) atoms. The second-order valence-corrected chi connectivity index (χ2v) is 4.98. The number of carbonyl (C=O) groups excluding carboxylic acids is 1. The number of carbonyl (C=O) groups is 1. The summed E-state index contributed by atoms with van der Waals surface area (Å²) in [6.07, 6.45) is 4.40. The Morgan fingerprint density at radius 1 is 1.26 bits per heavy atom. The van der Waals surface area contributed by atoms with Crippen molar-refractivity contribution in [3.05, 3.63) is 41.4 Å². The molecule has 0 spiro atoms. The topological polar surface area (TPSA) is 66.1 Å². The largest absolute Gasteiger partial charge is 0.438 e. The summed E-state index contributed by atoms with van der Waals surface area (Å²) in [6.45, 7) is 0. The highest BCUT2D eigenvalue weighted by molar-refractivity contribution is 5.96. The molecule has 0 radical (unpaired) electrons. The van der Waals surface area contributed by atoms with Crippen molar-refractivity contribution >= 4 is 16.9 Å². The molecule has 1 heterocycles. The fraction of sp³-hybridized carbons (Fsp3) is 0.333. The van der Waals surface area contributed by atoms with E-state index in [1.165, 1.54) is 12.8 Å². The Kier molecular flexibility index (Phi) is 3.07. The first-order valence-electron chi connectivity index (χ1n) is 6.62. The molecule has 0 aliphatic heterocycles. The van der Waals surface area contributed by atoms with Gasteiger partial charge in [-0.3, -0.25) is 10.2 Å². The van der Waals surface area contributed by atoms with Crippen LogP contribution in [0.2, 0.25) is 0 Å². The first kappa shape index (κ1) is 12.0. The van der Waals surface area contributed by atoms with Gasteiger partial charge in [0.25, 0.3) is 5.91 Å². The number of nitrogens with one attached hydrogen (secondary N) is 2. The number of rotatable bonds is 2. The van der Waals surface area contributed by atoms with Gasteiger partial charge < -0.3 is 9.73 Å². The molecule has 0 saturated heterocycles. The monoisotopic (exact) mass is 256 g/mol. The van der Waals surface area contributed by atoms with Crippen LogP contribution in [0.15, 0.2) is 34.7 Å². The molecule has 2 aromatic rings. The van der Waals surface area contributed by atoms with Crippen molar-refractivity contribution in [1.82, 2.24) is 5.32 Å². The first-order chi connectivity index (χ1) is 9.24. The van der Waals surface area contributed by atoms with Gasteiger partial charge in [-0.05, 0) is 25.0 Å². The van der Waals surface area contributed by atoms with Crippen molar-refractivity contribution in [1.29, 1.82) is 5.41 Å². The molecule has 4 heteroatoms. The third kappa shape index (κ3) is 2.38. The van der Waals surface area contributed by atoms with Crippen LogP contribution in [0.25, 0.3) is 11.0 Å². The Morgan fingerprint density at radius 2 is 2.00 bits per heavy atom. The summed E-state index contributed by atoms with van der Waals surface area (Å²) in [7, 11) is 0. The zero-order chi connectivity index (χ0) is 13.2. The standard InChI is InChI=1S/C15H16N2O2/c16-14-12(15(18)17-11-6-2-3-7-11)9-10-5-1-4-8-13(10)19-14/h1,4-5,8-9,11,16H,2-3,6-7H2,(H,17,18). The van der Waals surface area contributed by atoms with Gasteiger partial charge >= 0.3 is 0 Å². The van der Waals surface area contributed by atoms with Gasteiger partial charge in [0, 0.05) is 11.4 Å². The van der Waals surface area contributed by atoms with Crippen LogP contribution in [0.5, 0.6) is 0 Å².